The van der Waals surface area contributed by atoms with Crippen LogP contribution in [-0.2, 0) is 6.42 Å². The maximum absolute atomic E-state index is 13.9. The predicted octanol–water partition coefficient (Wildman–Crippen LogP) is 2.34. The summed E-state index contributed by atoms with van der Waals surface area (Å²) in [6, 6.07) is 1.29. The molecule has 16 heavy (non-hydrogen) atoms. The smallest absolute Gasteiger partial charge is 0.166 e. The Morgan fingerprint density at radius 2 is 2.25 bits per heavy atom. The van der Waals surface area contributed by atoms with E-state index in [0.717, 1.165) is 12.8 Å². The fraction of sp³-hybridized carbons (Fsp3) is 0.455. The van der Waals surface area contributed by atoms with Crippen molar-refractivity contribution in [2.24, 2.45) is 5.73 Å². The molecule has 0 aliphatic heterocycles. The summed E-state index contributed by atoms with van der Waals surface area (Å²) in [4.78, 5) is 0. The van der Waals surface area contributed by atoms with Gasteiger partial charge in [-0.15, -0.1) is 0 Å². The standard InChI is InChI=1S/C11H13BrFNO2/c1-16-10-6(5-11(14)2-3-11)9(13)7(12)4-8(10)15/h4,15H,2-3,5,14H2,1H3. The molecule has 3 N–H and O–H groups in total. The molecular formula is C11H13BrFNO2. The Hall–Kier alpha value is -0.810. The van der Waals surface area contributed by atoms with E-state index in [9.17, 15) is 9.50 Å². The lowest BCUT2D eigenvalue weighted by Crippen LogP contribution is -2.25. The van der Waals surface area contributed by atoms with Crippen LogP contribution in [-0.4, -0.2) is 17.8 Å². The molecule has 0 aromatic heterocycles. The number of halogens is 2. The van der Waals surface area contributed by atoms with Crippen molar-refractivity contribution in [3.63, 3.8) is 0 Å². The van der Waals surface area contributed by atoms with E-state index in [1.165, 1.54) is 13.2 Å². The zero-order chi connectivity index (χ0) is 11.9. The molecule has 0 heterocycles. The van der Waals surface area contributed by atoms with E-state index in [4.69, 9.17) is 10.5 Å². The van der Waals surface area contributed by atoms with Gasteiger partial charge in [-0.05, 0) is 35.2 Å². The first-order chi connectivity index (χ1) is 7.47. The number of phenolic OH excluding ortho intramolecular Hbond substituents is 1. The Balaban J connectivity index is 2.47. The number of hydrogen-bond acceptors (Lipinski definition) is 3. The van der Waals surface area contributed by atoms with Crippen LogP contribution in [0.4, 0.5) is 4.39 Å². The van der Waals surface area contributed by atoms with Crippen LogP contribution in [0, 0.1) is 5.82 Å². The van der Waals surface area contributed by atoms with Crippen molar-refractivity contribution in [3.8, 4) is 11.5 Å². The molecule has 5 heteroatoms. The molecule has 0 unspecified atom stereocenters. The molecule has 2 rings (SSSR count). The molecule has 1 aromatic rings. The highest BCUT2D eigenvalue weighted by atomic mass is 79.9. The Bertz CT molecular complexity index is 432. The highest BCUT2D eigenvalue weighted by Crippen LogP contribution is 2.43. The van der Waals surface area contributed by atoms with E-state index in [1.807, 2.05) is 0 Å². The quantitative estimate of drug-likeness (QED) is 0.898. The van der Waals surface area contributed by atoms with Gasteiger partial charge in [0.15, 0.2) is 11.5 Å². The van der Waals surface area contributed by atoms with Gasteiger partial charge in [-0.25, -0.2) is 4.39 Å². The normalized spacial score (nSPS) is 17.2. The van der Waals surface area contributed by atoms with Crippen LogP contribution in [0.15, 0.2) is 10.5 Å². The van der Waals surface area contributed by atoms with E-state index >= 15 is 0 Å². The number of benzene rings is 1. The van der Waals surface area contributed by atoms with Crippen LogP contribution in [0.5, 0.6) is 11.5 Å². The zero-order valence-corrected chi connectivity index (χ0v) is 10.5. The molecule has 88 valence electrons. The lowest BCUT2D eigenvalue weighted by molar-refractivity contribution is 0.362. The molecule has 0 saturated heterocycles. The second kappa shape index (κ2) is 3.89. The van der Waals surface area contributed by atoms with Gasteiger partial charge in [0, 0.05) is 17.2 Å². The lowest BCUT2D eigenvalue weighted by atomic mass is 10.0. The first-order valence-corrected chi connectivity index (χ1v) is 5.79. The summed E-state index contributed by atoms with van der Waals surface area (Å²) in [6.45, 7) is 0. The second-order valence-corrected chi connectivity index (χ2v) is 5.10. The molecule has 1 aliphatic carbocycles. The highest BCUT2D eigenvalue weighted by molar-refractivity contribution is 9.10. The van der Waals surface area contributed by atoms with E-state index in [-0.39, 0.29) is 21.5 Å². The van der Waals surface area contributed by atoms with Crippen LogP contribution in [0.25, 0.3) is 0 Å². The van der Waals surface area contributed by atoms with E-state index in [2.05, 4.69) is 15.9 Å². The minimum Gasteiger partial charge on any atom is -0.504 e. The van der Waals surface area contributed by atoms with Crippen LogP contribution in [0.3, 0.4) is 0 Å². The summed E-state index contributed by atoms with van der Waals surface area (Å²) in [5.41, 5.74) is 5.96. The van der Waals surface area contributed by atoms with Gasteiger partial charge in [-0.3, -0.25) is 0 Å². The summed E-state index contributed by atoms with van der Waals surface area (Å²) < 4.78 is 19.1. The summed E-state index contributed by atoms with van der Waals surface area (Å²) >= 11 is 3.06. The average molecular weight is 290 g/mol. The van der Waals surface area contributed by atoms with Crippen molar-refractivity contribution in [1.29, 1.82) is 0 Å². The van der Waals surface area contributed by atoms with Gasteiger partial charge >= 0.3 is 0 Å². The third-order valence-corrected chi connectivity index (χ3v) is 3.45. The first kappa shape index (κ1) is 11.7. The summed E-state index contributed by atoms with van der Waals surface area (Å²) in [6.07, 6.45) is 2.14. The van der Waals surface area contributed by atoms with Crippen molar-refractivity contribution in [1.82, 2.24) is 0 Å². The highest BCUT2D eigenvalue weighted by Gasteiger charge is 2.40. The van der Waals surface area contributed by atoms with Gasteiger partial charge in [0.2, 0.25) is 0 Å². The van der Waals surface area contributed by atoms with Crippen LogP contribution >= 0.6 is 15.9 Å². The van der Waals surface area contributed by atoms with Gasteiger partial charge in [0.1, 0.15) is 5.82 Å². The summed E-state index contributed by atoms with van der Waals surface area (Å²) in [7, 11) is 1.40. The molecule has 0 radical (unpaired) electrons. The molecule has 0 spiro atoms. The summed E-state index contributed by atoms with van der Waals surface area (Å²) in [5, 5.41) is 9.65. The van der Waals surface area contributed by atoms with Crippen molar-refractivity contribution in [2.45, 2.75) is 24.8 Å². The third kappa shape index (κ3) is 2.01. The molecule has 1 aliphatic rings. The fourth-order valence-electron chi connectivity index (χ4n) is 1.72. The molecule has 1 saturated carbocycles. The molecule has 1 fully saturated rings. The van der Waals surface area contributed by atoms with E-state index < -0.39 is 5.82 Å². The van der Waals surface area contributed by atoms with Crippen molar-refractivity contribution in [3.05, 3.63) is 21.9 Å². The van der Waals surface area contributed by atoms with Gasteiger partial charge in [-0.1, -0.05) is 0 Å². The topological polar surface area (TPSA) is 55.5 Å². The van der Waals surface area contributed by atoms with E-state index in [0.29, 0.717) is 12.0 Å². The molecule has 0 atom stereocenters. The maximum atomic E-state index is 13.9. The Labute approximate surface area is 102 Å². The van der Waals surface area contributed by atoms with Crippen molar-refractivity contribution < 1.29 is 14.2 Å². The third-order valence-electron chi connectivity index (χ3n) is 2.87. The number of aromatic hydroxyl groups is 1. The Kier molecular flexibility index (Phi) is 2.84. The SMILES string of the molecule is COc1c(O)cc(Br)c(F)c1CC1(N)CC1. The van der Waals surface area contributed by atoms with Crippen molar-refractivity contribution in [2.75, 3.05) is 7.11 Å². The molecular weight excluding hydrogens is 277 g/mol. The lowest BCUT2D eigenvalue weighted by Gasteiger charge is -2.15. The van der Waals surface area contributed by atoms with Crippen LogP contribution in [0.2, 0.25) is 0 Å². The Morgan fingerprint density at radius 3 is 2.75 bits per heavy atom. The number of nitrogens with two attached hydrogens (primary N) is 1. The number of rotatable bonds is 3. The Morgan fingerprint density at radius 1 is 1.62 bits per heavy atom. The van der Waals surface area contributed by atoms with Crippen LogP contribution < -0.4 is 10.5 Å². The van der Waals surface area contributed by atoms with E-state index in [1.54, 1.807) is 0 Å². The maximum Gasteiger partial charge on any atom is 0.166 e. The summed E-state index contributed by atoms with van der Waals surface area (Å²) in [5.74, 6) is -0.307. The van der Waals surface area contributed by atoms with Crippen LogP contribution in [0.1, 0.15) is 18.4 Å². The number of methoxy groups -OCH3 is 1. The number of hydrogen-bond donors (Lipinski definition) is 2. The monoisotopic (exact) mass is 289 g/mol. The van der Waals surface area contributed by atoms with Crippen molar-refractivity contribution >= 4 is 15.9 Å². The first-order valence-electron chi connectivity index (χ1n) is 4.99. The molecule has 3 nitrogen and oxygen atoms in total. The number of phenols is 1. The van der Waals surface area contributed by atoms with Gasteiger partial charge < -0.3 is 15.6 Å². The predicted molar refractivity (Wildman–Crippen MR) is 62.2 cm³/mol. The second-order valence-electron chi connectivity index (χ2n) is 4.24. The van der Waals surface area contributed by atoms with Gasteiger partial charge in [0.25, 0.3) is 0 Å². The average Bonchev–Trinajstić information content (AvgIpc) is 2.93. The van der Waals surface area contributed by atoms with Gasteiger partial charge in [-0.2, -0.15) is 0 Å². The number of ether oxygens (including phenoxy) is 1. The molecule has 0 bridgehead atoms. The van der Waals surface area contributed by atoms with Gasteiger partial charge in [0.05, 0.1) is 11.6 Å². The largest absolute Gasteiger partial charge is 0.504 e. The fourth-order valence-corrected chi connectivity index (χ4v) is 2.18. The minimum absolute atomic E-state index is 0.0741. The molecule has 1 aromatic carbocycles. The molecule has 0 amide bonds. The minimum atomic E-state index is -0.411. The zero-order valence-electron chi connectivity index (χ0n) is 8.89.